The van der Waals surface area contributed by atoms with Gasteiger partial charge in [-0.3, -0.25) is 19.3 Å². The standard InChI is InChI=1S/C26H23ClN2O3/c27-15-7-4-8-16(12-15)28-24(30)21(11-14-5-2-1-3-6-14)29-25(31)22-17-9-10-18(20-13-19(17)20)23(22)26(29)32/h1-10,12,17-23H,11,13H2,(H,28,30)/t17-,18-,19-,20-,21+,22+,23+/m1/s1. The maximum absolute atomic E-state index is 13.6. The van der Waals surface area contributed by atoms with Crippen molar-refractivity contribution in [2.24, 2.45) is 35.5 Å². The Bertz CT molecular complexity index is 1110. The third-order valence-electron chi connectivity index (χ3n) is 7.68. The molecule has 2 saturated carbocycles. The van der Waals surface area contributed by atoms with Crippen molar-refractivity contribution < 1.29 is 14.4 Å². The van der Waals surface area contributed by atoms with Crippen molar-refractivity contribution in [3.8, 4) is 0 Å². The van der Waals surface area contributed by atoms with Gasteiger partial charge in [-0.05, 0) is 53.9 Å². The predicted octanol–water partition coefficient (Wildman–Crippen LogP) is 3.94. The van der Waals surface area contributed by atoms with E-state index in [1.54, 1.807) is 24.3 Å². The molecule has 2 aromatic carbocycles. The van der Waals surface area contributed by atoms with Crippen molar-refractivity contribution in [1.29, 1.82) is 0 Å². The summed E-state index contributed by atoms with van der Waals surface area (Å²) in [5.41, 5.74) is 1.44. The summed E-state index contributed by atoms with van der Waals surface area (Å²) in [6, 6.07) is 15.5. The lowest BCUT2D eigenvalue weighted by molar-refractivity contribution is -0.146. The Balaban J connectivity index is 1.33. The van der Waals surface area contributed by atoms with Gasteiger partial charge in [0, 0.05) is 17.1 Å². The van der Waals surface area contributed by atoms with E-state index >= 15 is 0 Å². The number of halogens is 1. The number of hydrogen-bond acceptors (Lipinski definition) is 3. The molecule has 2 bridgehead atoms. The molecule has 2 aromatic rings. The van der Waals surface area contributed by atoms with Crippen LogP contribution in [0.25, 0.3) is 0 Å². The highest BCUT2D eigenvalue weighted by Crippen LogP contribution is 2.65. The lowest BCUT2D eigenvalue weighted by Crippen LogP contribution is -2.49. The molecule has 5 aliphatic rings. The average molecular weight is 447 g/mol. The molecular weight excluding hydrogens is 424 g/mol. The highest BCUT2D eigenvalue weighted by molar-refractivity contribution is 6.30. The second-order valence-corrected chi connectivity index (χ2v) is 9.84. The third kappa shape index (κ3) is 3.02. The zero-order chi connectivity index (χ0) is 22.0. The second-order valence-electron chi connectivity index (χ2n) is 9.41. The van der Waals surface area contributed by atoms with Crippen molar-refractivity contribution in [3.63, 3.8) is 0 Å². The topological polar surface area (TPSA) is 66.5 Å². The SMILES string of the molecule is O=C(Nc1cccc(Cl)c1)[C@H](Cc1ccccc1)N1C(=O)[C@H]2[C@@H]3C=C[C@H]([C@H]4C[C@H]34)[C@@H]2C1=O. The molecule has 0 aromatic heterocycles. The number of imide groups is 1. The molecule has 162 valence electrons. The van der Waals surface area contributed by atoms with Crippen LogP contribution in [0, 0.1) is 35.5 Å². The van der Waals surface area contributed by atoms with Crippen molar-refractivity contribution in [2.75, 3.05) is 5.32 Å². The largest absolute Gasteiger partial charge is 0.324 e. The Morgan fingerprint density at radius 3 is 2.25 bits per heavy atom. The van der Waals surface area contributed by atoms with Gasteiger partial charge < -0.3 is 5.32 Å². The van der Waals surface area contributed by atoms with E-state index in [0.717, 1.165) is 12.0 Å². The minimum Gasteiger partial charge on any atom is -0.324 e. The predicted molar refractivity (Wildman–Crippen MR) is 121 cm³/mol. The normalized spacial score (nSPS) is 32.5. The molecule has 5 nitrogen and oxygen atoms in total. The van der Waals surface area contributed by atoms with Crippen LogP contribution < -0.4 is 5.32 Å². The summed E-state index contributed by atoms with van der Waals surface area (Å²) in [5.74, 6) is -0.0843. The molecular formula is C26H23ClN2O3. The molecule has 7 atom stereocenters. The van der Waals surface area contributed by atoms with Crippen LogP contribution >= 0.6 is 11.6 Å². The monoisotopic (exact) mass is 446 g/mol. The average Bonchev–Trinajstić information content (AvgIpc) is 3.57. The molecule has 0 unspecified atom stereocenters. The number of benzene rings is 2. The Labute approximate surface area is 191 Å². The molecule has 7 rings (SSSR count). The van der Waals surface area contributed by atoms with Gasteiger partial charge in [-0.1, -0.05) is 60.2 Å². The minimum absolute atomic E-state index is 0.129. The van der Waals surface area contributed by atoms with Gasteiger partial charge >= 0.3 is 0 Å². The summed E-state index contributed by atoms with van der Waals surface area (Å²) in [6.07, 6.45) is 5.68. The van der Waals surface area contributed by atoms with Crippen molar-refractivity contribution in [3.05, 3.63) is 77.3 Å². The Kier molecular flexibility index (Phi) is 4.51. The number of carbonyl (C=O) groups is 3. The molecule has 3 fully saturated rings. The highest BCUT2D eigenvalue weighted by atomic mass is 35.5. The van der Waals surface area contributed by atoms with E-state index in [1.165, 1.54) is 4.90 Å². The molecule has 32 heavy (non-hydrogen) atoms. The van der Waals surface area contributed by atoms with Crippen LogP contribution in [0.15, 0.2) is 66.7 Å². The summed E-state index contributed by atoms with van der Waals surface area (Å²) in [5, 5.41) is 3.38. The molecule has 0 radical (unpaired) electrons. The number of hydrogen-bond donors (Lipinski definition) is 1. The number of carbonyl (C=O) groups excluding carboxylic acids is 3. The van der Waals surface area contributed by atoms with E-state index in [-0.39, 0.29) is 47.8 Å². The van der Waals surface area contributed by atoms with Gasteiger partial charge in [0.05, 0.1) is 11.8 Å². The molecule has 1 aliphatic heterocycles. The minimum atomic E-state index is -0.905. The summed E-state index contributed by atoms with van der Waals surface area (Å²) >= 11 is 6.07. The number of nitrogens with one attached hydrogen (secondary N) is 1. The molecule has 4 aliphatic carbocycles. The molecule has 1 heterocycles. The van der Waals surface area contributed by atoms with Gasteiger partial charge in [0.25, 0.3) is 0 Å². The first-order valence-corrected chi connectivity index (χ1v) is 11.6. The zero-order valence-corrected chi connectivity index (χ0v) is 18.1. The van der Waals surface area contributed by atoms with Crippen LogP contribution in [-0.2, 0) is 20.8 Å². The second kappa shape index (κ2) is 7.31. The van der Waals surface area contributed by atoms with E-state index in [2.05, 4.69) is 17.5 Å². The van der Waals surface area contributed by atoms with Gasteiger partial charge in [0.2, 0.25) is 17.7 Å². The van der Waals surface area contributed by atoms with E-state index in [9.17, 15) is 14.4 Å². The maximum atomic E-state index is 13.6. The smallest absolute Gasteiger partial charge is 0.248 e. The molecule has 6 heteroatoms. The molecule has 3 amide bonds. The fraction of sp³-hybridized carbons (Fsp3) is 0.346. The van der Waals surface area contributed by atoms with Crippen LogP contribution in [0.5, 0.6) is 0 Å². The van der Waals surface area contributed by atoms with Crippen LogP contribution in [0.1, 0.15) is 12.0 Å². The summed E-state index contributed by atoms with van der Waals surface area (Å²) in [4.78, 5) is 42.0. The number of anilines is 1. The zero-order valence-electron chi connectivity index (χ0n) is 17.4. The quantitative estimate of drug-likeness (QED) is 0.558. The van der Waals surface area contributed by atoms with Crippen LogP contribution in [0.2, 0.25) is 5.02 Å². The number of likely N-dealkylation sites (tertiary alicyclic amines) is 1. The van der Waals surface area contributed by atoms with E-state index in [0.29, 0.717) is 22.5 Å². The van der Waals surface area contributed by atoms with E-state index in [1.807, 2.05) is 30.3 Å². The first-order valence-electron chi connectivity index (χ1n) is 11.2. The lowest BCUT2D eigenvalue weighted by atomic mass is 9.63. The van der Waals surface area contributed by atoms with Crippen LogP contribution in [-0.4, -0.2) is 28.7 Å². The Morgan fingerprint density at radius 2 is 1.62 bits per heavy atom. The summed E-state index contributed by atoms with van der Waals surface area (Å²) in [7, 11) is 0. The van der Waals surface area contributed by atoms with Crippen molar-refractivity contribution >= 4 is 35.0 Å². The van der Waals surface area contributed by atoms with Gasteiger partial charge in [0.15, 0.2) is 0 Å². The van der Waals surface area contributed by atoms with Crippen LogP contribution in [0.4, 0.5) is 5.69 Å². The summed E-state index contributed by atoms with van der Waals surface area (Å²) in [6.45, 7) is 0. The third-order valence-corrected chi connectivity index (χ3v) is 7.91. The first-order chi connectivity index (χ1) is 15.5. The number of allylic oxidation sites excluding steroid dienone is 2. The van der Waals surface area contributed by atoms with Crippen molar-refractivity contribution in [1.82, 2.24) is 4.90 Å². The molecule has 1 saturated heterocycles. The lowest BCUT2D eigenvalue weighted by Gasteiger charge is -2.37. The number of amides is 3. The van der Waals surface area contributed by atoms with Gasteiger partial charge in [0.1, 0.15) is 6.04 Å². The van der Waals surface area contributed by atoms with E-state index in [4.69, 9.17) is 11.6 Å². The van der Waals surface area contributed by atoms with Gasteiger partial charge in [-0.2, -0.15) is 0 Å². The molecule has 1 N–H and O–H groups in total. The van der Waals surface area contributed by atoms with Crippen molar-refractivity contribution in [2.45, 2.75) is 18.9 Å². The van der Waals surface area contributed by atoms with Gasteiger partial charge in [-0.15, -0.1) is 0 Å². The van der Waals surface area contributed by atoms with Crippen LogP contribution in [0.3, 0.4) is 0 Å². The Hall–Kier alpha value is -2.92. The number of rotatable bonds is 5. The fourth-order valence-corrected chi connectivity index (χ4v) is 6.41. The van der Waals surface area contributed by atoms with E-state index < -0.39 is 6.04 Å². The Morgan fingerprint density at radius 1 is 0.969 bits per heavy atom. The summed E-state index contributed by atoms with van der Waals surface area (Å²) < 4.78 is 0. The first kappa shape index (κ1) is 19.7. The fourth-order valence-electron chi connectivity index (χ4n) is 6.22. The maximum Gasteiger partial charge on any atom is 0.248 e. The van der Waals surface area contributed by atoms with Gasteiger partial charge in [-0.25, -0.2) is 0 Å². The highest BCUT2D eigenvalue weighted by Gasteiger charge is 2.67. The number of nitrogens with zero attached hydrogens (tertiary/aromatic N) is 1. The molecule has 0 spiro atoms.